The van der Waals surface area contributed by atoms with Crippen molar-refractivity contribution in [2.24, 2.45) is 7.05 Å². The van der Waals surface area contributed by atoms with E-state index in [1.54, 1.807) is 24.4 Å². The monoisotopic (exact) mass is 438 g/mol. The number of rotatable bonds is 5. The summed E-state index contributed by atoms with van der Waals surface area (Å²) in [4.78, 5) is 17.0. The summed E-state index contributed by atoms with van der Waals surface area (Å²) < 4.78 is 56.9. The number of carbonyl (C=O) groups excluding carboxylic acids is 1. The zero-order valence-electron chi connectivity index (χ0n) is 16.7. The van der Waals surface area contributed by atoms with Gasteiger partial charge in [0.1, 0.15) is 17.2 Å². The Balaban J connectivity index is 0.00000132. The summed E-state index contributed by atoms with van der Waals surface area (Å²) in [5.41, 5.74) is 1.68. The van der Waals surface area contributed by atoms with Crippen LogP contribution >= 0.6 is 0 Å². The predicted molar refractivity (Wildman–Crippen MR) is 103 cm³/mol. The smallest absolute Gasteiger partial charge is 0.282 e. The Bertz CT molecular complexity index is 1080. The van der Waals surface area contributed by atoms with Gasteiger partial charge in [0.15, 0.2) is 0 Å². The van der Waals surface area contributed by atoms with Crippen LogP contribution in [0.2, 0.25) is 0 Å². The number of hydrogen-bond donors (Lipinski definition) is 1. The maximum absolute atomic E-state index is 14.1. The molecule has 4 rings (SSSR count). The van der Waals surface area contributed by atoms with E-state index in [9.17, 15) is 18.0 Å². The van der Waals surface area contributed by atoms with Crippen LogP contribution in [0.3, 0.4) is 0 Å². The van der Waals surface area contributed by atoms with Gasteiger partial charge in [-0.25, -0.2) is 13.2 Å². The molecule has 0 spiro atoms. The van der Waals surface area contributed by atoms with Gasteiger partial charge in [0, 0.05) is 28.0 Å². The Morgan fingerprint density at radius 2 is 1.87 bits per heavy atom. The summed E-state index contributed by atoms with van der Waals surface area (Å²) in [5, 5.41) is 6.59. The molecule has 0 aliphatic heterocycles. The fourth-order valence-electron chi connectivity index (χ4n) is 3.37. The third-order valence-corrected chi connectivity index (χ3v) is 5.17. The van der Waals surface area contributed by atoms with E-state index in [2.05, 4.69) is 15.4 Å². The van der Waals surface area contributed by atoms with E-state index in [1.165, 1.54) is 13.1 Å². The first-order chi connectivity index (χ1) is 14.8. The van der Waals surface area contributed by atoms with E-state index in [0.717, 1.165) is 21.9 Å². The number of nitrogens with zero attached hydrogens (tertiary/aromatic N) is 3. The number of aryl methyl sites for hydroxylation is 2. The molecular formula is C21H19F5N4O. The minimum absolute atomic E-state index is 0.0676. The van der Waals surface area contributed by atoms with Gasteiger partial charge in [-0.2, -0.15) is 5.10 Å². The number of nitrogens with one attached hydrogen (secondary N) is 1. The first-order valence-corrected chi connectivity index (χ1v) is 9.31. The van der Waals surface area contributed by atoms with Crippen molar-refractivity contribution >= 4 is 5.91 Å². The molecule has 2 heterocycles. The molecule has 1 aliphatic carbocycles. The summed E-state index contributed by atoms with van der Waals surface area (Å²) in [7, 11) is 1.45. The van der Waals surface area contributed by atoms with Crippen LogP contribution in [-0.2, 0) is 12.6 Å². The average molecular weight is 438 g/mol. The second kappa shape index (κ2) is 8.83. The van der Waals surface area contributed by atoms with Crippen molar-refractivity contribution in [3.8, 4) is 11.3 Å². The predicted octanol–water partition coefficient (Wildman–Crippen LogP) is 5.13. The molecule has 0 unspecified atom stereocenters. The first kappa shape index (κ1) is 22.4. The van der Waals surface area contributed by atoms with E-state index in [-0.39, 0.29) is 11.5 Å². The van der Waals surface area contributed by atoms with Crippen molar-refractivity contribution in [3.63, 3.8) is 0 Å². The Hall–Kier alpha value is -3.30. The van der Waals surface area contributed by atoms with Crippen LogP contribution < -0.4 is 5.32 Å². The van der Waals surface area contributed by atoms with Gasteiger partial charge in [-0.3, -0.25) is 14.5 Å². The molecule has 3 aromatic rings. The van der Waals surface area contributed by atoms with Gasteiger partial charge in [0.05, 0.1) is 11.2 Å². The Morgan fingerprint density at radius 1 is 1.16 bits per heavy atom. The lowest BCUT2D eigenvalue weighted by Gasteiger charge is -2.18. The van der Waals surface area contributed by atoms with E-state index >= 15 is 0 Å². The normalized spacial score (nSPS) is 14.1. The van der Waals surface area contributed by atoms with Crippen molar-refractivity contribution in [1.82, 2.24) is 20.1 Å². The summed E-state index contributed by atoms with van der Waals surface area (Å²) in [6.45, 7) is 1.88. The molecule has 0 bridgehead atoms. The number of aromatic nitrogens is 3. The number of benzene rings is 1. The molecule has 31 heavy (non-hydrogen) atoms. The lowest BCUT2D eigenvalue weighted by atomic mass is 10.0. The van der Waals surface area contributed by atoms with Crippen LogP contribution in [-0.4, -0.2) is 20.7 Å². The summed E-state index contributed by atoms with van der Waals surface area (Å²) in [5.74, 6) is -0.825. The lowest BCUT2D eigenvalue weighted by Crippen LogP contribution is -2.36. The van der Waals surface area contributed by atoms with E-state index < -0.39 is 23.6 Å². The topological polar surface area (TPSA) is 59.8 Å². The Morgan fingerprint density at radius 3 is 2.42 bits per heavy atom. The van der Waals surface area contributed by atoms with Crippen LogP contribution in [0.5, 0.6) is 0 Å². The summed E-state index contributed by atoms with van der Waals surface area (Å²) in [6, 6.07) is 9.46. The zero-order valence-corrected chi connectivity index (χ0v) is 16.7. The fraction of sp³-hybridized carbons (Fsp3) is 0.286. The molecule has 0 radical (unpaired) electrons. The average Bonchev–Trinajstić information content (AvgIpc) is 3.43. The quantitative estimate of drug-likeness (QED) is 0.562. The minimum atomic E-state index is -2.74. The molecule has 10 heteroatoms. The van der Waals surface area contributed by atoms with Crippen LogP contribution in [0.4, 0.5) is 22.3 Å². The molecule has 5 nitrogen and oxygen atoms in total. The van der Waals surface area contributed by atoms with E-state index in [0.29, 0.717) is 24.1 Å². The van der Waals surface area contributed by atoms with Crippen molar-refractivity contribution in [2.45, 2.75) is 31.7 Å². The Kier molecular flexibility index (Phi) is 6.37. The molecule has 0 saturated heterocycles. The maximum Gasteiger partial charge on any atom is 0.282 e. The second-order valence-electron chi connectivity index (χ2n) is 7.33. The molecule has 1 aliphatic rings. The summed E-state index contributed by atoms with van der Waals surface area (Å²) >= 11 is 0. The van der Waals surface area contributed by atoms with Crippen LogP contribution in [0, 0.1) is 12.7 Å². The van der Waals surface area contributed by atoms with Crippen LogP contribution in [0.25, 0.3) is 11.3 Å². The van der Waals surface area contributed by atoms with E-state index in [1.807, 2.05) is 13.0 Å². The lowest BCUT2D eigenvalue weighted by molar-refractivity contribution is 0.0921. The highest BCUT2D eigenvalue weighted by Gasteiger charge is 2.46. The number of alkyl halides is 2. The van der Waals surface area contributed by atoms with Crippen LogP contribution in [0.1, 0.15) is 46.6 Å². The first-order valence-electron chi connectivity index (χ1n) is 9.31. The van der Waals surface area contributed by atoms with Crippen LogP contribution in [0.15, 0.2) is 42.6 Å². The van der Waals surface area contributed by atoms with Gasteiger partial charge in [-0.05, 0) is 49.6 Å². The number of pyridine rings is 1. The number of amides is 1. The maximum atomic E-state index is 14.1. The zero-order chi connectivity index (χ0) is 22.8. The fourth-order valence-corrected chi connectivity index (χ4v) is 3.37. The highest BCUT2D eigenvalue weighted by molar-refractivity contribution is 5.93. The standard InChI is InChI=1S/C21H19F3N4O.F2/c1-12-3-5-15(22)14(9-12)16-6-4-13(11-25-16)21(7-8-21)26-20(29)18-10-17(19(23)24)27-28(18)2;1-2/h3-6,9-11,19H,7-8H2,1-2H3,(H,26,29);. The highest BCUT2D eigenvalue weighted by Crippen LogP contribution is 2.45. The van der Waals surface area contributed by atoms with Crippen molar-refractivity contribution < 1.29 is 27.1 Å². The number of halogens is 5. The molecule has 1 N–H and O–H groups in total. The number of carbonyl (C=O) groups is 1. The minimum Gasteiger partial charge on any atom is -0.341 e. The Labute approximate surface area is 174 Å². The van der Waals surface area contributed by atoms with Gasteiger partial charge in [0.25, 0.3) is 12.3 Å². The molecule has 2 aromatic heterocycles. The van der Waals surface area contributed by atoms with Gasteiger partial charge in [-0.15, -0.1) is 0 Å². The molecule has 164 valence electrons. The number of hydrogen-bond acceptors (Lipinski definition) is 3. The molecule has 1 fully saturated rings. The van der Waals surface area contributed by atoms with Gasteiger partial charge in [-0.1, -0.05) is 17.7 Å². The summed E-state index contributed by atoms with van der Waals surface area (Å²) in [6.07, 6.45) is 0.297. The van der Waals surface area contributed by atoms with Crippen molar-refractivity contribution in [1.29, 1.82) is 0 Å². The molecule has 1 saturated carbocycles. The molecule has 0 atom stereocenters. The highest BCUT2D eigenvalue weighted by atomic mass is 20.0. The van der Waals surface area contributed by atoms with Gasteiger partial charge in [0.2, 0.25) is 0 Å². The van der Waals surface area contributed by atoms with E-state index in [4.69, 9.17) is 9.15 Å². The third-order valence-electron chi connectivity index (χ3n) is 5.17. The molecule has 1 aromatic carbocycles. The van der Waals surface area contributed by atoms with Crippen molar-refractivity contribution in [2.75, 3.05) is 0 Å². The molecule has 1 amide bonds. The second-order valence-corrected chi connectivity index (χ2v) is 7.33. The van der Waals surface area contributed by atoms with Gasteiger partial charge < -0.3 is 5.32 Å². The van der Waals surface area contributed by atoms with Gasteiger partial charge >= 0.3 is 0 Å². The SMILES string of the molecule is Cc1ccc(F)c(-c2ccc(C3(NC(=O)c4cc(C(F)F)nn4C)CC3)cn2)c1.FF. The third kappa shape index (κ3) is 4.57. The molecular weight excluding hydrogens is 419 g/mol. The largest absolute Gasteiger partial charge is 0.341 e. The van der Waals surface area contributed by atoms with Crippen molar-refractivity contribution in [3.05, 3.63) is 70.9 Å².